The van der Waals surface area contributed by atoms with Crippen molar-refractivity contribution in [3.05, 3.63) is 18.1 Å². The van der Waals surface area contributed by atoms with Gasteiger partial charge in [-0.05, 0) is 12.8 Å². The standard InChI is InChI=1S/C15H19N5O/c16-8-13-15(18-6-5-17-13)19-9-11-7-14(21)20(10-11)12-3-1-2-4-12/h5-6,11-12H,1-4,7,9-10H2,(H,18,19). The molecule has 1 aromatic heterocycles. The number of amides is 1. The summed E-state index contributed by atoms with van der Waals surface area (Å²) in [6.45, 7) is 1.47. The molecule has 1 amide bonds. The van der Waals surface area contributed by atoms with Gasteiger partial charge in [0.25, 0.3) is 0 Å². The van der Waals surface area contributed by atoms with E-state index in [-0.39, 0.29) is 11.8 Å². The molecule has 1 aromatic rings. The average molecular weight is 285 g/mol. The van der Waals surface area contributed by atoms with Gasteiger partial charge in [0.1, 0.15) is 6.07 Å². The maximum Gasteiger partial charge on any atom is 0.223 e. The summed E-state index contributed by atoms with van der Waals surface area (Å²) in [4.78, 5) is 22.3. The number of carbonyl (C=O) groups is 1. The highest BCUT2D eigenvalue weighted by molar-refractivity contribution is 5.79. The highest BCUT2D eigenvalue weighted by atomic mass is 16.2. The zero-order valence-electron chi connectivity index (χ0n) is 12.0. The SMILES string of the molecule is N#Cc1nccnc1NCC1CC(=O)N(C2CCCC2)C1. The summed E-state index contributed by atoms with van der Waals surface area (Å²) in [7, 11) is 0. The maximum atomic E-state index is 12.1. The van der Waals surface area contributed by atoms with E-state index < -0.39 is 0 Å². The third kappa shape index (κ3) is 2.97. The molecule has 1 saturated carbocycles. The predicted molar refractivity (Wildman–Crippen MR) is 77.3 cm³/mol. The Balaban J connectivity index is 1.57. The number of nitriles is 1. The first-order chi connectivity index (χ1) is 10.3. The molecule has 1 N–H and O–H groups in total. The van der Waals surface area contributed by atoms with E-state index in [0.29, 0.717) is 30.5 Å². The van der Waals surface area contributed by atoms with Crippen molar-refractivity contribution in [1.29, 1.82) is 5.26 Å². The van der Waals surface area contributed by atoms with E-state index in [1.165, 1.54) is 19.0 Å². The minimum absolute atomic E-state index is 0.272. The van der Waals surface area contributed by atoms with Gasteiger partial charge in [0.15, 0.2) is 11.5 Å². The Labute approximate surface area is 124 Å². The number of aromatic nitrogens is 2. The minimum atomic E-state index is 0.272. The summed E-state index contributed by atoms with van der Waals surface area (Å²) in [6.07, 6.45) is 8.43. The van der Waals surface area contributed by atoms with Crippen LogP contribution >= 0.6 is 0 Å². The van der Waals surface area contributed by atoms with E-state index in [9.17, 15) is 4.79 Å². The lowest BCUT2D eigenvalue weighted by Gasteiger charge is -2.24. The molecule has 1 unspecified atom stereocenters. The molecule has 1 saturated heterocycles. The molecular weight excluding hydrogens is 266 g/mol. The molecule has 0 aromatic carbocycles. The Morgan fingerprint density at radius 1 is 1.33 bits per heavy atom. The van der Waals surface area contributed by atoms with E-state index in [1.807, 2.05) is 6.07 Å². The quantitative estimate of drug-likeness (QED) is 0.907. The maximum absolute atomic E-state index is 12.1. The van der Waals surface area contributed by atoms with Crippen molar-refractivity contribution in [1.82, 2.24) is 14.9 Å². The Bertz CT molecular complexity index is 561. The van der Waals surface area contributed by atoms with Crippen molar-refractivity contribution in [2.24, 2.45) is 5.92 Å². The zero-order valence-corrected chi connectivity index (χ0v) is 12.0. The molecule has 2 fully saturated rings. The second-order valence-electron chi connectivity index (χ2n) is 5.80. The molecule has 3 rings (SSSR count). The van der Waals surface area contributed by atoms with Gasteiger partial charge in [-0.25, -0.2) is 9.97 Å². The van der Waals surface area contributed by atoms with Crippen molar-refractivity contribution < 1.29 is 4.79 Å². The molecule has 1 aliphatic heterocycles. The average Bonchev–Trinajstić information content (AvgIpc) is 3.14. The summed E-state index contributed by atoms with van der Waals surface area (Å²) in [5.41, 5.74) is 0.300. The number of rotatable bonds is 4. The second-order valence-corrected chi connectivity index (χ2v) is 5.80. The van der Waals surface area contributed by atoms with Crippen molar-refractivity contribution in [3.63, 3.8) is 0 Å². The zero-order chi connectivity index (χ0) is 14.7. The largest absolute Gasteiger partial charge is 0.367 e. The topological polar surface area (TPSA) is 81.9 Å². The number of hydrogen-bond acceptors (Lipinski definition) is 5. The van der Waals surface area contributed by atoms with Crippen LogP contribution in [0.25, 0.3) is 0 Å². The molecular formula is C15H19N5O. The van der Waals surface area contributed by atoms with Crippen LogP contribution in [-0.4, -0.2) is 39.9 Å². The van der Waals surface area contributed by atoms with Crippen molar-refractivity contribution in [2.45, 2.75) is 38.1 Å². The molecule has 2 heterocycles. The fourth-order valence-corrected chi connectivity index (χ4v) is 3.30. The fraction of sp³-hybridized carbons (Fsp3) is 0.600. The summed E-state index contributed by atoms with van der Waals surface area (Å²) in [5, 5.41) is 12.1. The van der Waals surface area contributed by atoms with Gasteiger partial charge in [-0.1, -0.05) is 12.8 Å². The lowest BCUT2D eigenvalue weighted by Crippen LogP contribution is -2.34. The van der Waals surface area contributed by atoms with Gasteiger partial charge in [0, 0.05) is 43.9 Å². The van der Waals surface area contributed by atoms with Gasteiger partial charge < -0.3 is 10.2 Å². The van der Waals surface area contributed by atoms with Gasteiger partial charge in [-0.2, -0.15) is 5.26 Å². The monoisotopic (exact) mass is 285 g/mol. The molecule has 0 bridgehead atoms. The summed E-state index contributed by atoms with van der Waals surface area (Å²) in [6, 6.07) is 2.47. The van der Waals surface area contributed by atoms with Crippen LogP contribution in [0.3, 0.4) is 0 Å². The van der Waals surface area contributed by atoms with Crippen LogP contribution < -0.4 is 5.32 Å². The predicted octanol–water partition coefficient (Wildman–Crippen LogP) is 1.55. The van der Waals surface area contributed by atoms with Gasteiger partial charge in [0.05, 0.1) is 0 Å². The molecule has 6 nitrogen and oxygen atoms in total. The van der Waals surface area contributed by atoms with Gasteiger partial charge in [0.2, 0.25) is 5.91 Å². The highest BCUT2D eigenvalue weighted by Gasteiger charge is 2.35. The molecule has 2 aliphatic rings. The Morgan fingerprint density at radius 2 is 2.10 bits per heavy atom. The van der Waals surface area contributed by atoms with Crippen LogP contribution in [0.15, 0.2) is 12.4 Å². The van der Waals surface area contributed by atoms with Crippen LogP contribution in [0, 0.1) is 17.2 Å². The third-order valence-corrected chi connectivity index (χ3v) is 4.37. The normalized spacial score (nSPS) is 22.5. The Kier molecular flexibility index (Phi) is 4.00. The minimum Gasteiger partial charge on any atom is -0.367 e. The molecule has 0 radical (unpaired) electrons. The molecule has 1 aliphatic carbocycles. The number of anilines is 1. The molecule has 6 heteroatoms. The smallest absolute Gasteiger partial charge is 0.223 e. The first-order valence-electron chi connectivity index (χ1n) is 7.52. The van der Waals surface area contributed by atoms with Gasteiger partial charge >= 0.3 is 0 Å². The number of nitrogens with one attached hydrogen (secondary N) is 1. The number of carbonyl (C=O) groups excluding carboxylic acids is 1. The van der Waals surface area contributed by atoms with Crippen LogP contribution in [0.5, 0.6) is 0 Å². The highest BCUT2D eigenvalue weighted by Crippen LogP contribution is 2.29. The number of nitrogens with zero attached hydrogens (tertiary/aromatic N) is 4. The van der Waals surface area contributed by atoms with Crippen LogP contribution in [0.4, 0.5) is 5.82 Å². The second kappa shape index (κ2) is 6.08. The van der Waals surface area contributed by atoms with Gasteiger partial charge in [-0.3, -0.25) is 4.79 Å². The first-order valence-corrected chi connectivity index (χ1v) is 7.52. The van der Waals surface area contributed by atoms with Crippen molar-refractivity contribution in [2.75, 3.05) is 18.4 Å². The van der Waals surface area contributed by atoms with Crippen LogP contribution in [0.1, 0.15) is 37.8 Å². The molecule has 110 valence electrons. The van der Waals surface area contributed by atoms with Crippen LogP contribution in [-0.2, 0) is 4.79 Å². The summed E-state index contributed by atoms with van der Waals surface area (Å²) in [5.74, 6) is 1.06. The molecule has 0 spiro atoms. The third-order valence-electron chi connectivity index (χ3n) is 4.37. The van der Waals surface area contributed by atoms with Gasteiger partial charge in [-0.15, -0.1) is 0 Å². The van der Waals surface area contributed by atoms with E-state index >= 15 is 0 Å². The first kappa shape index (κ1) is 13.8. The summed E-state index contributed by atoms with van der Waals surface area (Å²) < 4.78 is 0. The van der Waals surface area contributed by atoms with Crippen molar-refractivity contribution in [3.8, 4) is 6.07 Å². The molecule has 21 heavy (non-hydrogen) atoms. The van der Waals surface area contributed by atoms with E-state index in [0.717, 1.165) is 19.4 Å². The Hall–Kier alpha value is -2.16. The van der Waals surface area contributed by atoms with Crippen molar-refractivity contribution >= 4 is 11.7 Å². The van der Waals surface area contributed by atoms with Crippen LogP contribution in [0.2, 0.25) is 0 Å². The van der Waals surface area contributed by atoms with E-state index in [4.69, 9.17) is 5.26 Å². The lowest BCUT2D eigenvalue weighted by molar-refractivity contribution is -0.129. The van der Waals surface area contributed by atoms with E-state index in [2.05, 4.69) is 20.2 Å². The van der Waals surface area contributed by atoms with E-state index in [1.54, 1.807) is 6.20 Å². The number of hydrogen-bond donors (Lipinski definition) is 1. The number of likely N-dealkylation sites (tertiary alicyclic amines) is 1. The fourth-order valence-electron chi connectivity index (χ4n) is 3.30. The summed E-state index contributed by atoms with van der Waals surface area (Å²) >= 11 is 0. The Morgan fingerprint density at radius 3 is 2.86 bits per heavy atom. The molecule has 1 atom stereocenters. The lowest BCUT2D eigenvalue weighted by atomic mass is 10.1.